The van der Waals surface area contributed by atoms with Crippen LogP contribution in [0.5, 0.6) is 0 Å². The van der Waals surface area contributed by atoms with Gasteiger partial charge in [-0.3, -0.25) is 4.79 Å². The van der Waals surface area contributed by atoms with E-state index in [-0.39, 0.29) is 11.9 Å². The molecule has 1 atom stereocenters. The van der Waals surface area contributed by atoms with Crippen molar-refractivity contribution in [2.24, 2.45) is 0 Å². The van der Waals surface area contributed by atoms with Crippen molar-refractivity contribution in [1.82, 2.24) is 5.32 Å². The van der Waals surface area contributed by atoms with Crippen molar-refractivity contribution in [1.29, 1.82) is 0 Å². The topological polar surface area (TPSA) is 29.1 Å². The van der Waals surface area contributed by atoms with Crippen molar-refractivity contribution in [3.8, 4) is 0 Å². The summed E-state index contributed by atoms with van der Waals surface area (Å²) in [5, 5.41) is 5.04. The zero-order valence-electron chi connectivity index (χ0n) is 10.4. The predicted molar refractivity (Wildman–Crippen MR) is 86.4 cm³/mol. The maximum atomic E-state index is 11.8. The average molecular weight is 332 g/mol. The van der Waals surface area contributed by atoms with Crippen LogP contribution in [-0.4, -0.2) is 11.7 Å². The molecule has 0 bridgehead atoms. The van der Waals surface area contributed by atoms with Crippen LogP contribution in [0.4, 0.5) is 0 Å². The van der Waals surface area contributed by atoms with E-state index in [0.717, 1.165) is 15.0 Å². The molecular weight excluding hydrogens is 318 g/mol. The zero-order chi connectivity index (χ0) is 13.7. The standard InChI is InChI=1S/C13H14ClNOS3/c1-9(11-4-5-12(14)19-11)15-13(16)8-17-7-10-3-2-6-18-10/h2-6,9H,7-8H2,1H3,(H,15,16)/t9-/m0/s1. The predicted octanol–water partition coefficient (Wildman–Crippen LogP) is 4.57. The van der Waals surface area contributed by atoms with Gasteiger partial charge in [0.15, 0.2) is 0 Å². The van der Waals surface area contributed by atoms with Gasteiger partial charge >= 0.3 is 0 Å². The Kier molecular flexibility index (Phi) is 5.76. The number of thioether (sulfide) groups is 1. The van der Waals surface area contributed by atoms with Crippen LogP contribution >= 0.6 is 46.0 Å². The highest BCUT2D eigenvalue weighted by molar-refractivity contribution is 7.99. The van der Waals surface area contributed by atoms with Gasteiger partial charge in [-0.25, -0.2) is 0 Å². The lowest BCUT2D eigenvalue weighted by molar-refractivity contribution is -0.119. The number of carbonyl (C=O) groups is 1. The first-order valence-corrected chi connectivity index (χ1v) is 9.03. The van der Waals surface area contributed by atoms with Crippen molar-refractivity contribution in [2.45, 2.75) is 18.7 Å². The second-order valence-corrected chi connectivity index (χ2v) is 7.77. The molecule has 2 nitrogen and oxygen atoms in total. The highest BCUT2D eigenvalue weighted by Crippen LogP contribution is 2.26. The Balaban J connectivity index is 1.72. The van der Waals surface area contributed by atoms with E-state index in [0.29, 0.717) is 5.75 Å². The van der Waals surface area contributed by atoms with Crippen LogP contribution in [0.15, 0.2) is 29.6 Å². The Morgan fingerprint density at radius 3 is 2.95 bits per heavy atom. The molecule has 0 aromatic carbocycles. The highest BCUT2D eigenvalue weighted by Gasteiger charge is 2.11. The Morgan fingerprint density at radius 1 is 1.47 bits per heavy atom. The van der Waals surface area contributed by atoms with Crippen LogP contribution in [-0.2, 0) is 10.5 Å². The molecule has 2 aromatic heterocycles. The SMILES string of the molecule is C[C@H](NC(=O)CSCc1cccs1)c1ccc(Cl)s1. The summed E-state index contributed by atoms with van der Waals surface area (Å²) in [7, 11) is 0. The van der Waals surface area contributed by atoms with E-state index in [1.54, 1.807) is 23.1 Å². The number of thiophene rings is 2. The molecule has 0 spiro atoms. The van der Waals surface area contributed by atoms with Gasteiger partial charge in [-0.2, -0.15) is 0 Å². The molecular formula is C13H14ClNOS3. The van der Waals surface area contributed by atoms with Gasteiger partial charge in [0.1, 0.15) is 0 Å². The molecule has 0 fully saturated rings. The second-order valence-electron chi connectivity index (χ2n) is 4.00. The molecule has 0 aliphatic carbocycles. The van der Waals surface area contributed by atoms with Gasteiger partial charge in [0.2, 0.25) is 5.91 Å². The zero-order valence-corrected chi connectivity index (χ0v) is 13.6. The van der Waals surface area contributed by atoms with E-state index < -0.39 is 0 Å². The fourth-order valence-corrected chi connectivity index (χ4v) is 4.30. The molecule has 2 rings (SSSR count). The first-order chi connectivity index (χ1) is 9.15. The van der Waals surface area contributed by atoms with Gasteiger partial charge < -0.3 is 5.32 Å². The van der Waals surface area contributed by atoms with Gasteiger partial charge in [0, 0.05) is 15.5 Å². The lowest BCUT2D eigenvalue weighted by atomic mass is 10.3. The lowest BCUT2D eigenvalue weighted by Gasteiger charge is -2.11. The highest BCUT2D eigenvalue weighted by atomic mass is 35.5. The largest absolute Gasteiger partial charge is 0.348 e. The summed E-state index contributed by atoms with van der Waals surface area (Å²) in [5.74, 6) is 1.45. The summed E-state index contributed by atoms with van der Waals surface area (Å²) < 4.78 is 0.753. The van der Waals surface area contributed by atoms with Crippen LogP contribution in [0.3, 0.4) is 0 Å². The minimum Gasteiger partial charge on any atom is -0.348 e. The van der Waals surface area contributed by atoms with Gasteiger partial charge in [-0.15, -0.1) is 34.4 Å². The van der Waals surface area contributed by atoms with E-state index >= 15 is 0 Å². The van der Waals surface area contributed by atoms with E-state index in [4.69, 9.17) is 11.6 Å². The summed E-state index contributed by atoms with van der Waals surface area (Å²) in [5.41, 5.74) is 0. The van der Waals surface area contributed by atoms with Crippen LogP contribution in [0.25, 0.3) is 0 Å². The molecule has 0 unspecified atom stereocenters. The van der Waals surface area contributed by atoms with E-state index in [9.17, 15) is 4.79 Å². The van der Waals surface area contributed by atoms with Gasteiger partial charge in [-0.1, -0.05) is 17.7 Å². The average Bonchev–Trinajstić information content (AvgIpc) is 3.00. The van der Waals surface area contributed by atoms with Crippen molar-refractivity contribution in [2.75, 3.05) is 5.75 Å². The molecule has 2 aromatic rings. The number of rotatable bonds is 6. The maximum absolute atomic E-state index is 11.8. The molecule has 6 heteroatoms. The molecule has 0 saturated heterocycles. The molecule has 0 radical (unpaired) electrons. The Bertz CT molecular complexity index is 524. The summed E-state index contributed by atoms with van der Waals surface area (Å²) in [6.07, 6.45) is 0. The third-order valence-corrected chi connectivity index (χ3v) is 5.91. The van der Waals surface area contributed by atoms with E-state index in [1.165, 1.54) is 16.2 Å². The van der Waals surface area contributed by atoms with E-state index in [1.807, 2.05) is 25.1 Å². The van der Waals surface area contributed by atoms with Crippen molar-refractivity contribution in [3.63, 3.8) is 0 Å². The molecule has 1 N–H and O–H groups in total. The van der Waals surface area contributed by atoms with Crippen molar-refractivity contribution >= 4 is 51.9 Å². The van der Waals surface area contributed by atoms with Gasteiger partial charge in [0.05, 0.1) is 16.1 Å². The number of amides is 1. The number of halogens is 1. The number of carbonyl (C=O) groups excluding carboxylic acids is 1. The van der Waals surface area contributed by atoms with Crippen LogP contribution in [0.2, 0.25) is 4.34 Å². The first-order valence-electron chi connectivity index (χ1n) is 5.80. The number of hydrogen-bond acceptors (Lipinski definition) is 4. The van der Waals surface area contributed by atoms with Crippen molar-refractivity contribution < 1.29 is 4.79 Å². The van der Waals surface area contributed by atoms with Crippen LogP contribution in [0, 0.1) is 0 Å². The summed E-state index contributed by atoms with van der Waals surface area (Å²) in [6, 6.07) is 7.95. The van der Waals surface area contributed by atoms with Gasteiger partial charge in [0.25, 0.3) is 0 Å². The summed E-state index contributed by atoms with van der Waals surface area (Å²) >= 11 is 10.7. The third kappa shape index (κ3) is 4.84. The summed E-state index contributed by atoms with van der Waals surface area (Å²) in [6.45, 7) is 1.98. The minimum atomic E-state index is 0.0207. The fourth-order valence-electron chi connectivity index (χ4n) is 1.55. The lowest BCUT2D eigenvalue weighted by Crippen LogP contribution is -2.27. The number of hydrogen-bond donors (Lipinski definition) is 1. The second kappa shape index (κ2) is 7.33. The molecule has 1 amide bonds. The van der Waals surface area contributed by atoms with Crippen molar-refractivity contribution in [3.05, 3.63) is 43.7 Å². The van der Waals surface area contributed by atoms with E-state index in [2.05, 4.69) is 16.8 Å². The third-order valence-electron chi connectivity index (χ3n) is 2.46. The molecule has 0 saturated carbocycles. The minimum absolute atomic E-state index is 0.0207. The molecule has 0 aliphatic rings. The Hall–Kier alpha value is -0.490. The van der Waals surface area contributed by atoms with Gasteiger partial charge in [-0.05, 0) is 30.5 Å². The molecule has 0 aliphatic heterocycles. The molecule has 19 heavy (non-hydrogen) atoms. The Labute approximate surface area is 130 Å². The smallest absolute Gasteiger partial charge is 0.230 e. The summed E-state index contributed by atoms with van der Waals surface area (Å²) in [4.78, 5) is 14.2. The van der Waals surface area contributed by atoms with Crippen LogP contribution in [0.1, 0.15) is 22.7 Å². The monoisotopic (exact) mass is 331 g/mol. The van der Waals surface area contributed by atoms with Crippen LogP contribution < -0.4 is 5.32 Å². The normalized spacial score (nSPS) is 12.3. The quantitative estimate of drug-likeness (QED) is 0.839. The fraction of sp³-hybridized carbons (Fsp3) is 0.308. The maximum Gasteiger partial charge on any atom is 0.230 e. The Morgan fingerprint density at radius 2 is 2.32 bits per heavy atom. The molecule has 102 valence electrons. The first kappa shape index (κ1) is 14.9. The number of nitrogens with one attached hydrogen (secondary N) is 1. The molecule has 2 heterocycles.